The topological polar surface area (TPSA) is 94.6 Å². The molecule has 7 nitrogen and oxygen atoms in total. The molecule has 0 radical (unpaired) electrons. The zero-order valence-corrected chi connectivity index (χ0v) is 10.9. The second kappa shape index (κ2) is 7.67. The van der Waals surface area contributed by atoms with E-state index in [2.05, 4.69) is 21.6 Å². The third-order valence-electron chi connectivity index (χ3n) is 2.22. The summed E-state index contributed by atoms with van der Waals surface area (Å²) >= 11 is 0. The Labute approximate surface area is 115 Å². The number of aromatic nitrogens is 1. The average molecular weight is 278 g/mol. The molecule has 0 saturated heterocycles. The third kappa shape index (κ3) is 4.20. The lowest BCUT2D eigenvalue weighted by Crippen LogP contribution is -2.29. The van der Waals surface area contributed by atoms with Crippen molar-refractivity contribution in [3.63, 3.8) is 0 Å². The fourth-order valence-corrected chi connectivity index (χ4v) is 1.29. The van der Waals surface area contributed by atoms with Gasteiger partial charge in [-0.1, -0.05) is 6.08 Å². The van der Waals surface area contributed by atoms with Crippen LogP contribution >= 0.6 is 0 Å². The molecule has 0 aromatic carbocycles. The van der Waals surface area contributed by atoms with Crippen LogP contribution in [0.2, 0.25) is 0 Å². The number of amides is 1. The first-order valence-corrected chi connectivity index (χ1v) is 5.67. The number of methoxy groups -OCH3 is 1. The summed E-state index contributed by atoms with van der Waals surface area (Å²) in [5.74, 6) is -1.98. The number of pyridine rings is 1. The maximum atomic E-state index is 11.8. The summed E-state index contributed by atoms with van der Waals surface area (Å²) in [4.78, 5) is 38.3. The van der Waals surface area contributed by atoms with Gasteiger partial charge in [0.2, 0.25) is 0 Å². The van der Waals surface area contributed by atoms with E-state index in [4.69, 9.17) is 4.74 Å². The van der Waals surface area contributed by atoms with Crippen molar-refractivity contribution in [3.05, 3.63) is 42.2 Å². The molecular formula is C13H14N2O5. The van der Waals surface area contributed by atoms with Crippen LogP contribution in [0.4, 0.5) is 0 Å². The second-order valence-corrected chi connectivity index (χ2v) is 3.58. The summed E-state index contributed by atoms with van der Waals surface area (Å²) in [5, 5.41) is 2.45. The number of carbonyl (C=O) groups excluding carboxylic acids is 3. The second-order valence-electron chi connectivity index (χ2n) is 3.58. The van der Waals surface area contributed by atoms with E-state index >= 15 is 0 Å². The summed E-state index contributed by atoms with van der Waals surface area (Å²) in [7, 11) is 1.20. The number of nitrogens with one attached hydrogen (secondary N) is 1. The molecule has 1 N–H and O–H groups in total. The average Bonchev–Trinajstić information content (AvgIpc) is 2.49. The lowest BCUT2D eigenvalue weighted by molar-refractivity contribution is -0.124. The number of rotatable bonds is 6. The minimum Gasteiger partial charge on any atom is -0.465 e. The van der Waals surface area contributed by atoms with Crippen molar-refractivity contribution in [2.75, 3.05) is 20.3 Å². The highest BCUT2D eigenvalue weighted by atomic mass is 16.5. The molecule has 20 heavy (non-hydrogen) atoms. The maximum Gasteiger partial charge on any atom is 0.341 e. The van der Waals surface area contributed by atoms with E-state index in [1.54, 1.807) is 0 Å². The fourth-order valence-electron chi connectivity index (χ4n) is 1.29. The number of nitrogens with zero attached hydrogens (tertiary/aromatic N) is 1. The minimum absolute atomic E-state index is 0.0269. The predicted molar refractivity (Wildman–Crippen MR) is 69.1 cm³/mol. The van der Waals surface area contributed by atoms with Crippen molar-refractivity contribution in [1.82, 2.24) is 10.3 Å². The Kier molecular flexibility index (Phi) is 5.89. The molecule has 7 heteroatoms. The first-order valence-electron chi connectivity index (χ1n) is 5.67. The first-order chi connectivity index (χ1) is 9.60. The quantitative estimate of drug-likeness (QED) is 0.595. The van der Waals surface area contributed by atoms with E-state index in [0.717, 1.165) is 0 Å². The molecule has 0 saturated carbocycles. The van der Waals surface area contributed by atoms with Crippen molar-refractivity contribution >= 4 is 17.8 Å². The van der Waals surface area contributed by atoms with Crippen molar-refractivity contribution in [3.8, 4) is 0 Å². The van der Waals surface area contributed by atoms with Gasteiger partial charge in [-0.05, 0) is 6.07 Å². The molecule has 0 aliphatic carbocycles. The molecule has 1 aromatic rings. The molecule has 0 aliphatic rings. The van der Waals surface area contributed by atoms with Gasteiger partial charge in [0.05, 0.1) is 18.2 Å². The van der Waals surface area contributed by atoms with E-state index in [0.29, 0.717) is 0 Å². The number of carbonyl (C=O) groups is 3. The maximum absolute atomic E-state index is 11.8. The molecule has 1 rings (SSSR count). The summed E-state index contributed by atoms with van der Waals surface area (Å²) in [6.45, 7) is 3.25. The number of hydrogen-bond acceptors (Lipinski definition) is 6. The molecule has 106 valence electrons. The van der Waals surface area contributed by atoms with Gasteiger partial charge in [0.25, 0.3) is 5.91 Å². The van der Waals surface area contributed by atoms with Gasteiger partial charge >= 0.3 is 11.9 Å². The molecule has 1 aromatic heterocycles. The number of hydrogen-bond donors (Lipinski definition) is 1. The van der Waals surface area contributed by atoms with Crippen molar-refractivity contribution in [1.29, 1.82) is 0 Å². The van der Waals surface area contributed by atoms with Gasteiger partial charge in [0.1, 0.15) is 0 Å². The summed E-state index contributed by atoms with van der Waals surface area (Å²) < 4.78 is 9.33. The van der Waals surface area contributed by atoms with Crippen LogP contribution in [0.25, 0.3) is 0 Å². The first kappa shape index (κ1) is 15.4. The minimum atomic E-state index is -0.827. The number of esters is 2. The molecule has 0 fully saturated rings. The van der Waals surface area contributed by atoms with Crippen molar-refractivity contribution in [2.45, 2.75) is 0 Å². The van der Waals surface area contributed by atoms with Gasteiger partial charge in [-0.2, -0.15) is 0 Å². The van der Waals surface area contributed by atoms with E-state index in [1.165, 1.54) is 31.6 Å². The smallest absolute Gasteiger partial charge is 0.341 e. The summed E-state index contributed by atoms with van der Waals surface area (Å²) in [5.41, 5.74) is -0.0325. The van der Waals surface area contributed by atoms with Gasteiger partial charge in [0.15, 0.2) is 6.61 Å². The van der Waals surface area contributed by atoms with Crippen LogP contribution in [0.15, 0.2) is 31.1 Å². The largest absolute Gasteiger partial charge is 0.465 e. The lowest BCUT2D eigenvalue weighted by atomic mass is 10.1. The van der Waals surface area contributed by atoms with E-state index in [1.807, 2.05) is 0 Å². The van der Waals surface area contributed by atoms with Gasteiger partial charge in [-0.25, -0.2) is 9.59 Å². The molecule has 0 bridgehead atoms. The highest BCUT2D eigenvalue weighted by molar-refractivity contribution is 6.03. The Morgan fingerprint density at radius 2 is 2.10 bits per heavy atom. The predicted octanol–water partition coefficient (Wildman–Crippen LogP) is 0.327. The van der Waals surface area contributed by atoms with Crippen LogP contribution < -0.4 is 5.32 Å². The Morgan fingerprint density at radius 1 is 1.35 bits per heavy atom. The van der Waals surface area contributed by atoms with Crippen molar-refractivity contribution in [2.24, 2.45) is 0 Å². The molecule has 0 spiro atoms. The molecule has 1 amide bonds. The summed E-state index contributed by atoms with van der Waals surface area (Å²) in [6, 6.07) is 1.33. The van der Waals surface area contributed by atoms with Crippen LogP contribution in [-0.2, 0) is 14.3 Å². The molecular weight excluding hydrogens is 264 g/mol. The summed E-state index contributed by atoms with van der Waals surface area (Å²) in [6.07, 6.45) is 4.02. The lowest BCUT2D eigenvalue weighted by Gasteiger charge is -2.07. The van der Waals surface area contributed by atoms with Crippen LogP contribution in [-0.4, -0.2) is 43.1 Å². The zero-order chi connectivity index (χ0) is 15.0. The van der Waals surface area contributed by atoms with Gasteiger partial charge in [0, 0.05) is 18.9 Å². The SMILES string of the molecule is C=CCNC(=O)COC(=O)c1cnccc1C(=O)OC. The van der Waals surface area contributed by atoms with Crippen LogP contribution in [0.1, 0.15) is 20.7 Å². The molecule has 0 atom stereocenters. The number of ether oxygens (including phenoxy) is 2. The third-order valence-corrected chi connectivity index (χ3v) is 2.22. The molecule has 0 aliphatic heterocycles. The zero-order valence-electron chi connectivity index (χ0n) is 10.9. The van der Waals surface area contributed by atoms with Crippen LogP contribution in [0.3, 0.4) is 0 Å². The Morgan fingerprint density at radius 3 is 2.75 bits per heavy atom. The Hall–Kier alpha value is -2.70. The molecule has 0 unspecified atom stereocenters. The van der Waals surface area contributed by atoms with Crippen LogP contribution in [0.5, 0.6) is 0 Å². The van der Waals surface area contributed by atoms with Crippen molar-refractivity contribution < 1.29 is 23.9 Å². The Bertz CT molecular complexity index is 527. The van der Waals surface area contributed by atoms with E-state index in [-0.39, 0.29) is 17.7 Å². The monoisotopic (exact) mass is 278 g/mol. The highest BCUT2D eigenvalue weighted by Crippen LogP contribution is 2.10. The van der Waals surface area contributed by atoms with Gasteiger partial charge in [-0.3, -0.25) is 9.78 Å². The van der Waals surface area contributed by atoms with Gasteiger partial charge in [-0.15, -0.1) is 6.58 Å². The highest BCUT2D eigenvalue weighted by Gasteiger charge is 2.19. The van der Waals surface area contributed by atoms with E-state index in [9.17, 15) is 14.4 Å². The van der Waals surface area contributed by atoms with Crippen LogP contribution in [0, 0.1) is 0 Å². The normalized spacial score (nSPS) is 9.45. The Balaban J connectivity index is 2.70. The molecule has 1 heterocycles. The van der Waals surface area contributed by atoms with Gasteiger partial charge < -0.3 is 14.8 Å². The van der Waals surface area contributed by atoms with E-state index < -0.39 is 24.5 Å². The standard InChI is InChI=1S/C13H14N2O5/c1-3-5-15-11(16)8-20-13(18)10-7-14-6-4-9(10)12(17)19-2/h3-4,6-7H,1,5,8H2,2H3,(H,15,16). The fraction of sp³-hybridized carbons (Fsp3) is 0.231.